The monoisotopic (exact) mass is 646 g/mol. The Balaban J connectivity index is 1.44. The molecule has 4 aromatic rings. The standard InChI is InChI=1S/C44H58O2Si/c1-33(2)15-13-17-35(5)27-29-45-37-23-25-43-41(31-37)42-32-38(46-30-28-36(6)18-14-16-34(3)4)24-26-44(42)47(43,39-19-9-7-10-20-39)40-21-11-8-12-22-40/h7-12,19-26,31-36H,13-18,27-30H2,1-6H3. The van der Waals surface area contributed by atoms with Crippen LogP contribution in [0, 0.1) is 23.7 Å². The van der Waals surface area contributed by atoms with Crippen LogP contribution in [0.4, 0.5) is 0 Å². The highest BCUT2D eigenvalue weighted by atomic mass is 28.3. The molecule has 1 aliphatic heterocycles. The third-order valence-corrected chi connectivity index (χ3v) is 15.1. The van der Waals surface area contributed by atoms with E-state index in [0.717, 1.165) is 49.4 Å². The summed E-state index contributed by atoms with van der Waals surface area (Å²) in [6.45, 7) is 15.5. The van der Waals surface area contributed by atoms with Crippen molar-refractivity contribution in [3.05, 3.63) is 97.1 Å². The summed E-state index contributed by atoms with van der Waals surface area (Å²) in [6, 6.07) is 36.3. The van der Waals surface area contributed by atoms with Crippen LogP contribution in [0.15, 0.2) is 97.1 Å². The van der Waals surface area contributed by atoms with Gasteiger partial charge in [0.25, 0.3) is 0 Å². The van der Waals surface area contributed by atoms with E-state index in [4.69, 9.17) is 9.47 Å². The van der Waals surface area contributed by atoms with Crippen molar-refractivity contribution in [1.29, 1.82) is 0 Å². The SMILES string of the molecule is CC(C)CCCC(C)CCOc1ccc2c(c1)-c1cc(OCCC(C)CCCC(C)C)ccc1[Si]2(c1ccccc1)c1ccccc1. The molecule has 2 unspecified atom stereocenters. The van der Waals surface area contributed by atoms with E-state index in [9.17, 15) is 0 Å². The molecule has 0 aromatic heterocycles. The van der Waals surface area contributed by atoms with Crippen LogP contribution in [-0.2, 0) is 0 Å². The van der Waals surface area contributed by atoms with Gasteiger partial charge in [0.05, 0.1) is 13.2 Å². The highest BCUT2D eigenvalue weighted by Crippen LogP contribution is 2.34. The highest BCUT2D eigenvalue weighted by molar-refractivity contribution is 7.22. The average Bonchev–Trinajstić information content (AvgIpc) is 3.35. The van der Waals surface area contributed by atoms with Crippen LogP contribution in [-0.4, -0.2) is 21.3 Å². The number of hydrogen-bond acceptors (Lipinski definition) is 2. The third kappa shape index (κ3) is 8.60. The molecule has 0 amide bonds. The third-order valence-electron chi connectivity index (χ3n) is 10.2. The molecule has 0 aliphatic carbocycles. The van der Waals surface area contributed by atoms with Gasteiger partial charge in [0, 0.05) is 0 Å². The predicted molar refractivity (Wildman–Crippen MR) is 205 cm³/mol. The highest BCUT2D eigenvalue weighted by Gasteiger charge is 2.48. The second-order valence-corrected chi connectivity index (χ2v) is 18.8. The zero-order chi connectivity index (χ0) is 33.2. The van der Waals surface area contributed by atoms with Crippen LogP contribution in [0.25, 0.3) is 11.1 Å². The second kappa shape index (κ2) is 16.7. The molecule has 0 spiro atoms. The molecule has 250 valence electrons. The quantitative estimate of drug-likeness (QED) is 0.0883. The first kappa shape index (κ1) is 35.0. The molecule has 0 bridgehead atoms. The Kier molecular flexibility index (Phi) is 12.4. The van der Waals surface area contributed by atoms with Gasteiger partial charge < -0.3 is 9.47 Å². The molecule has 0 fully saturated rings. The Labute approximate surface area is 287 Å². The zero-order valence-electron chi connectivity index (χ0n) is 29.9. The maximum absolute atomic E-state index is 6.48. The maximum Gasteiger partial charge on any atom is 0.180 e. The van der Waals surface area contributed by atoms with Gasteiger partial charge in [-0.25, -0.2) is 0 Å². The smallest absolute Gasteiger partial charge is 0.180 e. The predicted octanol–water partition coefficient (Wildman–Crippen LogP) is 9.51. The summed E-state index contributed by atoms with van der Waals surface area (Å²) in [7, 11) is -2.53. The molecule has 3 heteroatoms. The van der Waals surface area contributed by atoms with Gasteiger partial charge in [-0.15, -0.1) is 0 Å². The van der Waals surface area contributed by atoms with E-state index in [1.807, 2.05) is 0 Å². The average molecular weight is 647 g/mol. The van der Waals surface area contributed by atoms with Crippen molar-refractivity contribution in [3.8, 4) is 22.6 Å². The summed E-state index contributed by atoms with van der Waals surface area (Å²) in [5, 5.41) is 5.71. The number of ether oxygens (including phenoxy) is 2. The van der Waals surface area contributed by atoms with Gasteiger partial charge in [0.2, 0.25) is 0 Å². The van der Waals surface area contributed by atoms with Crippen LogP contribution < -0.4 is 30.2 Å². The molecule has 4 aromatic carbocycles. The number of rotatable bonds is 18. The van der Waals surface area contributed by atoms with E-state index in [1.54, 1.807) is 0 Å². The molecular weight excluding hydrogens is 589 g/mol. The fourth-order valence-corrected chi connectivity index (χ4v) is 12.6. The lowest BCUT2D eigenvalue weighted by atomic mass is 9.98. The van der Waals surface area contributed by atoms with Gasteiger partial charge in [-0.05, 0) is 92.7 Å². The minimum Gasteiger partial charge on any atom is -0.494 e. The molecule has 47 heavy (non-hydrogen) atoms. The lowest BCUT2D eigenvalue weighted by Gasteiger charge is -2.31. The molecule has 5 rings (SSSR count). The van der Waals surface area contributed by atoms with Crippen LogP contribution in [0.5, 0.6) is 11.5 Å². The van der Waals surface area contributed by atoms with Crippen molar-refractivity contribution in [2.24, 2.45) is 23.7 Å². The van der Waals surface area contributed by atoms with Crippen LogP contribution in [0.2, 0.25) is 0 Å². The van der Waals surface area contributed by atoms with Crippen molar-refractivity contribution in [3.63, 3.8) is 0 Å². The number of fused-ring (bicyclic) bond motifs is 3. The normalized spacial score (nSPS) is 14.6. The Morgan fingerprint density at radius 1 is 0.468 bits per heavy atom. The Bertz CT molecular complexity index is 1410. The Hall–Kier alpha value is -3.30. The van der Waals surface area contributed by atoms with Gasteiger partial charge in [0.1, 0.15) is 11.5 Å². The summed E-state index contributed by atoms with van der Waals surface area (Å²) in [5.41, 5.74) is 2.60. The molecule has 2 atom stereocenters. The molecule has 0 N–H and O–H groups in total. The first-order chi connectivity index (χ1) is 22.8. The summed E-state index contributed by atoms with van der Waals surface area (Å²) < 4.78 is 13.0. The lowest BCUT2D eigenvalue weighted by Crippen LogP contribution is -2.72. The fraction of sp³-hybridized carbons (Fsp3) is 0.455. The molecular formula is C44H58O2Si. The molecule has 0 saturated carbocycles. The van der Waals surface area contributed by atoms with E-state index in [2.05, 4.69) is 139 Å². The second-order valence-electron chi connectivity index (χ2n) is 15.0. The minimum absolute atomic E-state index is 0.678. The van der Waals surface area contributed by atoms with Crippen molar-refractivity contribution in [2.75, 3.05) is 13.2 Å². The van der Waals surface area contributed by atoms with E-state index in [1.165, 1.54) is 70.4 Å². The first-order valence-corrected chi connectivity index (χ1v) is 20.4. The van der Waals surface area contributed by atoms with E-state index in [-0.39, 0.29) is 0 Å². The molecule has 1 heterocycles. The molecule has 0 radical (unpaired) electrons. The van der Waals surface area contributed by atoms with E-state index >= 15 is 0 Å². The topological polar surface area (TPSA) is 18.5 Å². The summed E-state index contributed by atoms with van der Waals surface area (Å²) >= 11 is 0. The molecule has 0 saturated heterocycles. The van der Waals surface area contributed by atoms with Crippen molar-refractivity contribution in [2.45, 2.75) is 92.9 Å². The van der Waals surface area contributed by atoms with Crippen LogP contribution >= 0.6 is 0 Å². The summed E-state index contributed by atoms with van der Waals surface area (Å²) in [4.78, 5) is 0. The molecule has 2 nitrogen and oxygen atoms in total. The van der Waals surface area contributed by atoms with Crippen LogP contribution in [0.1, 0.15) is 92.9 Å². The van der Waals surface area contributed by atoms with Crippen molar-refractivity contribution in [1.82, 2.24) is 0 Å². The van der Waals surface area contributed by atoms with Gasteiger partial charge in [0.15, 0.2) is 8.07 Å². The van der Waals surface area contributed by atoms with Gasteiger partial charge in [-0.3, -0.25) is 0 Å². The summed E-state index contributed by atoms with van der Waals surface area (Å²) in [6.07, 6.45) is 9.98. The van der Waals surface area contributed by atoms with E-state index < -0.39 is 8.07 Å². The van der Waals surface area contributed by atoms with Gasteiger partial charge >= 0.3 is 0 Å². The fourth-order valence-electron chi connectivity index (χ4n) is 7.43. The number of benzene rings is 4. The minimum atomic E-state index is -2.53. The number of hydrogen-bond donors (Lipinski definition) is 0. The van der Waals surface area contributed by atoms with Gasteiger partial charge in [-0.2, -0.15) is 0 Å². The van der Waals surface area contributed by atoms with E-state index in [0.29, 0.717) is 11.8 Å². The Morgan fingerprint density at radius 2 is 0.872 bits per heavy atom. The zero-order valence-corrected chi connectivity index (χ0v) is 30.9. The summed E-state index contributed by atoms with van der Waals surface area (Å²) in [5.74, 6) is 4.86. The van der Waals surface area contributed by atoms with Crippen molar-refractivity contribution < 1.29 is 9.47 Å². The lowest BCUT2D eigenvalue weighted by molar-refractivity contribution is 0.275. The maximum atomic E-state index is 6.48. The Morgan fingerprint density at radius 3 is 1.26 bits per heavy atom. The van der Waals surface area contributed by atoms with Crippen molar-refractivity contribution >= 4 is 28.8 Å². The first-order valence-electron chi connectivity index (χ1n) is 18.4. The molecule has 1 aliphatic rings. The largest absolute Gasteiger partial charge is 0.494 e. The van der Waals surface area contributed by atoms with Crippen LogP contribution in [0.3, 0.4) is 0 Å². The van der Waals surface area contributed by atoms with Gasteiger partial charge in [-0.1, -0.05) is 153 Å².